The molecule has 3 rings (SSSR count). The van der Waals surface area contributed by atoms with Crippen molar-refractivity contribution < 1.29 is 13.3 Å². The first kappa shape index (κ1) is 14.5. The molecule has 0 aliphatic carbocycles. The monoisotopic (exact) mass is 311 g/mol. The van der Waals surface area contributed by atoms with Gasteiger partial charge in [0.05, 0.1) is 29.8 Å². The minimum atomic E-state index is -1.16. The van der Waals surface area contributed by atoms with Crippen LogP contribution < -0.4 is 11.5 Å². The van der Waals surface area contributed by atoms with E-state index in [-0.39, 0.29) is 28.6 Å². The van der Waals surface area contributed by atoms with E-state index in [9.17, 15) is 8.60 Å². The standard InChI is InChI=1S/C14H18FN3O2S/c1-14(9-4-8(16)2-3-11(9)15)10-5-20-6-12(10)21(19)7-13(17)18-14/h2-4,10,12H,5-7,16H2,1H3,(H2,17,18)/t10?,12?,14-,21?/m1/s1. The van der Waals surface area contributed by atoms with Gasteiger partial charge >= 0.3 is 0 Å². The number of benzene rings is 1. The van der Waals surface area contributed by atoms with Gasteiger partial charge in [-0.1, -0.05) is 0 Å². The molecule has 0 amide bonds. The van der Waals surface area contributed by atoms with E-state index in [0.717, 1.165) is 0 Å². The van der Waals surface area contributed by atoms with E-state index in [0.29, 0.717) is 24.5 Å². The van der Waals surface area contributed by atoms with Crippen LogP contribution in [0.15, 0.2) is 23.2 Å². The molecule has 0 aromatic heterocycles. The number of nitrogen functional groups attached to an aromatic ring is 1. The fraction of sp³-hybridized carbons (Fsp3) is 0.500. The fourth-order valence-electron chi connectivity index (χ4n) is 3.18. The highest BCUT2D eigenvalue weighted by atomic mass is 32.2. The molecule has 3 unspecified atom stereocenters. The maximum Gasteiger partial charge on any atom is 0.128 e. The average molecular weight is 311 g/mol. The second-order valence-electron chi connectivity index (χ2n) is 5.70. The first-order valence-electron chi connectivity index (χ1n) is 6.76. The van der Waals surface area contributed by atoms with Gasteiger partial charge in [0.25, 0.3) is 0 Å². The molecule has 7 heteroatoms. The van der Waals surface area contributed by atoms with Crippen molar-refractivity contribution in [1.29, 1.82) is 0 Å². The highest BCUT2D eigenvalue weighted by molar-refractivity contribution is 7.86. The average Bonchev–Trinajstić information content (AvgIpc) is 2.88. The Hall–Kier alpha value is -1.47. The van der Waals surface area contributed by atoms with Crippen molar-refractivity contribution >= 4 is 22.3 Å². The normalized spacial score (nSPS) is 35.9. The largest absolute Gasteiger partial charge is 0.399 e. The van der Waals surface area contributed by atoms with Gasteiger partial charge in [-0.3, -0.25) is 9.20 Å². The molecule has 1 aromatic carbocycles. The quantitative estimate of drug-likeness (QED) is 0.749. The molecule has 2 aliphatic heterocycles. The number of amidine groups is 1. The zero-order chi connectivity index (χ0) is 15.2. The molecule has 1 fully saturated rings. The molecule has 1 saturated heterocycles. The number of anilines is 1. The zero-order valence-corrected chi connectivity index (χ0v) is 12.5. The summed E-state index contributed by atoms with van der Waals surface area (Å²) in [7, 11) is -1.16. The number of nitrogens with zero attached hydrogens (tertiary/aromatic N) is 1. The van der Waals surface area contributed by atoms with Gasteiger partial charge in [0.2, 0.25) is 0 Å². The summed E-state index contributed by atoms with van der Waals surface area (Å²) in [6.45, 7) is 2.59. The highest BCUT2D eigenvalue weighted by Crippen LogP contribution is 2.43. The van der Waals surface area contributed by atoms with Crippen LogP contribution in [-0.4, -0.2) is 34.3 Å². The van der Waals surface area contributed by atoms with Gasteiger partial charge < -0.3 is 16.2 Å². The molecular formula is C14H18FN3O2S. The van der Waals surface area contributed by atoms with Gasteiger partial charge in [0.1, 0.15) is 11.7 Å². The molecule has 0 saturated carbocycles. The van der Waals surface area contributed by atoms with Gasteiger partial charge in [-0.2, -0.15) is 0 Å². The first-order chi connectivity index (χ1) is 9.91. The minimum Gasteiger partial charge on any atom is -0.399 e. The lowest BCUT2D eigenvalue weighted by Gasteiger charge is -2.33. The predicted molar refractivity (Wildman–Crippen MR) is 80.9 cm³/mol. The van der Waals surface area contributed by atoms with Crippen molar-refractivity contribution in [1.82, 2.24) is 0 Å². The zero-order valence-electron chi connectivity index (χ0n) is 11.7. The Balaban J connectivity index is 2.18. The molecule has 2 heterocycles. The molecule has 114 valence electrons. The Kier molecular flexibility index (Phi) is 3.49. The summed E-state index contributed by atoms with van der Waals surface area (Å²) in [5.74, 6) is -0.0892. The lowest BCUT2D eigenvalue weighted by Crippen LogP contribution is -2.39. The van der Waals surface area contributed by atoms with Crippen LogP contribution in [-0.2, 0) is 21.1 Å². The van der Waals surface area contributed by atoms with Crippen molar-refractivity contribution in [2.45, 2.75) is 17.7 Å². The van der Waals surface area contributed by atoms with Crippen LogP contribution in [0.2, 0.25) is 0 Å². The van der Waals surface area contributed by atoms with Gasteiger partial charge in [-0.25, -0.2) is 4.39 Å². The Morgan fingerprint density at radius 2 is 2.19 bits per heavy atom. The van der Waals surface area contributed by atoms with E-state index in [1.807, 2.05) is 6.92 Å². The molecule has 5 nitrogen and oxygen atoms in total. The molecule has 0 bridgehead atoms. The second kappa shape index (κ2) is 5.06. The van der Waals surface area contributed by atoms with Crippen LogP contribution in [0, 0.1) is 11.7 Å². The Morgan fingerprint density at radius 1 is 1.43 bits per heavy atom. The van der Waals surface area contributed by atoms with E-state index >= 15 is 0 Å². The molecule has 0 spiro atoms. The number of ether oxygens (including phenoxy) is 1. The maximum atomic E-state index is 14.3. The number of halogens is 1. The van der Waals surface area contributed by atoms with Crippen molar-refractivity contribution in [3.05, 3.63) is 29.6 Å². The summed E-state index contributed by atoms with van der Waals surface area (Å²) in [6, 6.07) is 4.41. The third-order valence-corrected chi connectivity index (χ3v) is 6.01. The van der Waals surface area contributed by atoms with E-state index in [1.54, 1.807) is 6.07 Å². The van der Waals surface area contributed by atoms with E-state index < -0.39 is 16.3 Å². The predicted octanol–water partition coefficient (Wildman–Crippen LogP) is 0.758. The van der Waals surface area contributed by atoms with Gasteiger partial charge in [0.15, 0.2) is 0 Å². The number of hydrogen-bond donors (Lipinski definition) is 2. The van der Waals surface area contributed by atoms with E-state index in [2.05, 4.69) is 4.99 Å². The number of rotatable bonds is 1. The van der Waals surface area contributed by atoms with Crippen LogP contribution in [0.4, 0.5) is 10.1 Å². The number of fused-ring (bicyclic) bond motifs is 1. The van der Waals surface area contributed by atoms with E-state index in [4.69, 9.17) is 16.2 Å². The van der Waals surface area contributed by atoms with Crippen LogP contribution in [0.3, 0.4) is 0 Å². The summed E-state index contributed by atoms with van der Waals surface area (Å²) >= 11 is 0. The Bertz CT molecular complexity index is 637. The summed E-state index contributed by atoms with van der Waals surface area (Å²) in [4.78, 5) is 4.50. The summed E-state index contributed by atoms with van der Waals surface area (Å²) in [5.41, 5.74) is 11.6. The fourth-order valence-corrected chi connectivity index (χ4v) is 4.70. The van der Waals surface area contributed by atoms with Crippen molar-refractivity contribution in [2.24, 2.45) is 16.6 Å². The van der Waals surface area contributed by atoms with Gasteiger partial charge in [0, 0.05) is 28.0 Å². The maximum absolute atomic E-state index is 14.3. The topological polar surface area (TPSA) is 90.7 Å². The summed E-state index contributed by atoms with van der Waals surface area (Å²) in [5, 5.41) is -0.194. The molecule has 0 radical (unpaired) electrons. The third-order valence-electron chi connectivity index (χ3n) is 4.29. The summed E-state index contributed by atoms with van der Waals surface area (Å²) < 4.78 is 32.1. The molecule has 4 N–H and O–H groups in total. The molecule has 21 heavy (non-hydrogen) atoms. The summed E-state index contributed by atoms with van der Waals surface area (Å²) in [6.07, 6.45) is 0. The molecule has 1 aromatic rings. The SMILES string of the molecule is C[C@]1(c2cc(N)ccc2F)N=C(N)CS(=O)C2COCC21. The minimum absolute atomic E-state index is 0.185. The molecule has 4 atom stereocenters. The highest BCUT2D eigenvalue weighted by Gasteiger charge is 2.49. The van der Waals surface area contributed by atoms with Crippen LogP contribution in [0.1, 0.15) is 12.5 Å². The number of nitrogens with two attached hydrogens (primary N) is 2. The van der Waals surface area contributed by atoms with Crippen molar-refractivity contribution in [3.8, 4) is 0 Å². The third kappa shape index (κ3) is 2.34. The van der Waals surface area contributed by atoms with Gasteiger partial charge in [-0.15, -0.1) is 0 Å². The first-order valence-corrected chi connectivity index (χ1v) is 8.14. The van der Waals surface area contributed by atoms with E-state index in [1.165, 1.54) is 12.1 Å². The van der Waals surface area contributed by atoms with Crippen LogP contribution in [0.25, 0.3) is 0 Å². The van der Waals surface area contributed by atoms with Crippen LogP contribution in [0.5, 0.6) is 0 Å². The van der Waals surface area contributed by atoms with Crippen molar-refractivity contribution in [3.63, 3.8) is 0 Å². The number of aliphatic imine (C=N–C) groups is 1. The second-order valence-corrected chi connectivity index (χ2v) is 7.35. The Labute approximate surface area is 125 Å². The lowest BCUT2D eigenvalue weighted by atomic mass is 9.79. The number of hydrogen-bond acceptors (Lipinski definition) is 5. The Morgan fingerprint density at radius 3 is 2.95 bits per heavy atom. The molecular weight excluding hydrogens is 293 g/mol. The van der Waals surface area contributed by atoms with Crippen molar-refractivity contribution in [2.75, 3.05) is 24.7 Å². The van der Waals surface area contributed by atoms with Crippen LogP contribution >= 0.6 is 0 Å². The lowest BCUT2D eigenvalue weighted by molar-refractivity contribution is 0.166. The smallest absolute Gasteiger partial charge is 0.128 e. The van der Waals surface area contributed by atoms with Gasteiger partial charge in [-0.05, 0) is 25.1 Å². The molecule has 2 aliphatic rings.